The molecule has 2 aromatic rings. The second kappa shape index (κ2) is 7.53. The first-order valence-corrected chi connectivity index (χ1v) is 9.12. The molecule has 1 aliphatic rings. The molecular weight excluding hydrogens is 326 g/mol. The molecule has 0 saturated heterocycles. The van der Waals surface area contributed by atoms with Gasteiger partial charge in [-0.3, -0.25) is 4.79 Å². The Balaban J connectivity index is 1.66. The summed E-state index contributed by atoms with van der Waals surface area (Å²) in [6.07, 6.45) is 3.72. The summed E-state index contributed by atoms with van der Waals surface area (Å²) in [7, 11) is 0. The minimum absolute atomic E-state index is 0.00115. The lowest BCUT2D eigenvalue weighted by Gasteiger charge is -2.06. The van der Waals surface area contributed by atoms with E-state index in [0.717, 1.165) is 21.3 Å². The van der Waals surface area contributed by atoms with Gasteiger partial charge in [-0.05, 0) is 47.4 Å². The highest BCUT2D eigenvalue weighted by atomic mass is 32.2. The topological polar surface area (TPSA) is 38.7 Å². The van der Waals surface area contributed by atoms with Crippen LogP contribution in [0.3, 0.4) is 0 Å². The molecule has 0 unspecified atom stereocenters. The van der Waals surface area contributed by atoms with E-state index in [1.807, 2.05) is 60.9 Å². The van der Waals surface area contributed by atoms with Gasteiger partial charge < -0.3 is 4.74 Å². The van der Waals surface area contributed by atoms with Crippen LogP contribution in [-0.2, 0) is 11.4 Å². The number of hydrogen-bond acceptors (Lipinski definition) is 5. The van der Waals surface area contributed by atoms with Crippen LogP contribution in [0.1, 0.15) is 11.1 Å². The van der Waals surface area contributed by atoms with Gasteiger partial charge in [0.15, 0.2) is 0 Å². The maximum absolute atomic E-state index is 11.8. The molecule has 2 aromatic carbocycles. The molecule has 1 heterocycles. The lowest BCUT2D eigenvalue weighted by atomic mass is 10.2. The fourth-order valence-corrected chi connectivity index (χ4v) is 3.30. The van der Waals surface area contributed by atoms with Gasteiger partial charge in [0.05, 0.1) is 0 Å². The van der Waals surface area contributed by atoms with Crippen molar-refractivity contribution >= 4 is 39.1 Å². The van der Waals surface area contributed by atoms with Gasteiger partial charge in [-0.15, -0.1) is 11.8 Å². The van der Waals surface area contributed by atoms with Crippen molar-refractivity contribution in [3.05, 3.63) is 71.4 Å². The molecule has 3 rings (SSSR count). The third kappa shape index (κ3) is 4.27. The van der Waals surface area contributed by atoms with Gasteiger partial charge in [-0.1, -0.05) is 42.5 Å². The predicted molar refractivity (Wildman–Crippen MR) is 98.7 cm³/mol. The molecule has 0 amide bonds. The van der Waals surface area contributed by atoms with Crippen molar-refractivity contribution in [1.82, 2.24) is 0 Å². The van der Waals surface area contributed by atoms with Gasteiger partial charge in [0.1, 0.15) is 22.4 Å². The van der Waals surface area contributed by atoms with Crippen LogP contribution < -0.4 is 4.74 Å². The fourth-order valence-electron chi connectivity index (χ4n) is 2.04. The van der Waals surface area contributed by atoms with Gasteiger partial charge in [-0.25, -0.2) is 4.99 Å². The lowest BCUT2D eigenvalue weighted by molar-refractivity contribution is -0.107. The van der Waals surface area contributed by atoms with E-state index in [4.69, 9.17) is 4.74 Å². The molecular formula is C18H15NO2S2. The largest absolute Gasteiger partial charge is 0.489 e. The average molecular weight is 341 g/mol. The molecule has 0 radical (unpaired) electrons. The van der Waals surface area contributed by atoms with E-state index >= 15 is 0 Å². The Morgan fingerprint density at radius 2 is 1.87 bits per heavy atom. The predicted octanol–water partition coefficient (Wildman–Crippen LogP) is 4.60. The summed E-state index contributed by atoms with van der Waals surface area (Å²) >= 11 is 2.67. The van der Waals surface area contributed by atoms with Crippen molar-refractivity contribution < 1.29 is 9.53 Å². The zero-order valence-electron chi connectivity index (χ0n) is 12.6. The van der Waals surface area contributed by atoms with Crippen LogP contribution in [0.5, 0.6) is 5.75 Å². The number of nitrogens with zero attached hydrogens (tertiary/aromatic N) is 1. The lowest BCUT2D eigenvalue weighted by Crippen LogP contribution is -1.94. The number of aliphatic imine (C=N–C) groups is 1. The van der Waals surface area contributed by atoms with E-state index in [-0.39, 0.29) is 5.12 Å². The third-order valence-electron chi connectivity index (χ3n) is 3.21. The van der Waals surface area contributed by atoms with E-state index in [2.05, 4.69) is 4.99 Å². The molecule has 0 aromatic heterocycles. The second-order valence-electron chi connectivity index (χ2n) is 4.84. The highest BCUT2D eigenvalue weighted by molar-refractivity contribution is 8.45. The molecule has 0 spiro atoms. The van der Waals surface area contributed by atoms with Crippen molar-refractivity contribution in [3.63, 3.8) is 0 Å². The zero-order chi connectivity index (χ0) is 16.1. The average Bonchev–Trinajstić information content (AvgIpc) is 2.95. The molecule has 0 saturated carbocycles. The normalized spacial score (nSPS) is 15.8. The number of rotatable bonds is 4. The standard InChI is InChI=1S/C18H15NO2S2/c1-22-18-19-16(17(20)23-18)11-13-7-9-15(10-8-13)21-12-14-5-3-2-4-6-14/h2-11H,12H2,1H3/b16-11+. The summed E-state index contributed by atoms with van der Waals surface area (Å²) in [5.41, 5.74) is 2.57. The van der Waals surface area contributed by atoms with E-state index in [1.54, 1.807) is 6.08 Å². The molecule has 0 atom stereocenters. The van der Waals surface area contributed by atoms with Gasteiger partial charge in [0.2, 0.25) is 5.12 Å². The van der Waals surface area contributed by atoms with Crippen molar-refractivity contribution in [3.8, 4) is 5.75 Å². The minimum atomic E-state index is -0.00115. The van der Waals surface area contributed by atoms with Crippen LogP contribution in [0.2, 0.25) is 0 Å². The monoisotopic (exact) mass is 341 g/mol. The molecule has 0 bridgehead atoms. The van der Waals surface area contributed by atoms with E-state index < -0.39 is 0 Å². The van der Waals surface area contributed by atoms with Crippen LogP contribution in [0.15, 0.2) is 65.3 Å². The van der Waals surface area contributed by atoms with Crippen LogP contribution in [0.4, 0.5) is 0 Å². The summed E-state index contributed by atoms with van der Waals surface area (Å²) in [5, 5.41) is -0.00115. The summed E-state index contributed by atoms with van der Waals surface area (Å²) in [5.74, 6) is 0.802. The van der Waals surface area contributed by atoms with Crippen LogP contribution >= 0.6 is 23.5 Å². The van der Waals surface area contributed by atoms with Crippen molar-refractivity contribution in [2.45, 2.75) is 6.61 Å². The quantitative estimate of drug-likeness (QED) is 0.762. The van der Waals surface area contributed by atoms with E-state index in [1.165, 1.54) is 23.5 Å². The number of hydrogen-bond donors (Lipinski definition) is 0. The summed E-state index contributed by atoms with van der Waals surface area (Å²) in [6, 6.07) is 17.7. The van der Waals surface area contributed by atoms with Crippen molar-refractivity contribution in [1.29, 1.82) is 0 Å². The smallest absolute Gasteiger partial charge is 0.244 e. The Morgan fingerprint density at radius 3 is 2.52 bits per heavy atom. The second-order valence-corrected chi connectivity index (χ2v) is 6.86. The Labute approximate surface area is 143 Å². The maximum Gasteiger partial charge on any atom is 0.244 e. The van der Waals surface area contributed by atoms with Crippen molar-refractivity contribution in [2.75, 3.05) is 6.26 Å². The van der Waals surface area contributed by atoms with E-state index in [0.29, 0.717) is 12.3 Å². The Kier molecular flexibility index (Phi) is 5.20. The number of carbonyl (C=O) groups is 1. The van der Waals surface area contributed by atoms with Gasteiger partial charge in [0, 0.05) is 0 Å². The Morgan fingerprint density at radius 1 is 1.13 bits per heavy atom. The molecule has 3 nitrogen and oxygen atoms in total. The first kappa shape index (κ1) is 15.9. The maximum atomic E-state index is 11.8. The molecule has 116 valence electrons. The SMILES string of the molecule is CSC1=N/C(=C/c2ccc(OCc3ccccc3)cc2)C(=O)S1. The molecule has 23 heavy (non-hydrogen) atoms. The van der Waals surface area contributed by atoms with Gasteiger partial charge in [-0.2, -0.15) is 0 Å². The fraction of sp³-hybridized carbons (Fsp3) is 0.111. The molecule has 0 fully saturated rings. The molecule has 0 N–H and O–H groups in total. The Hall–Kier alpha value is -1.98. The van der Waals surface area contributed by atoms with Gasteiger partial charge >= 0.3 is 0 Å². The van der Waals surface area contributed by atoms with Crippen LogP contribution in [-0.4, -0.2) is 15.7 Å². The van der Waals surface area contributed by atoms with Gasteiger partial charge in [0.25, 0.3) is 0 Å². The third-order valence-corrected chi connectivity index (χ3v) is 5.06. The molecule has 1 aliphatic heterocycles. The zero-order valence-corrected chi connectivity index (χ0v) is 14.2. The number of ether oxygens (including phenoxy) is 1. The van der Waals surface area contributed by atoms with Crippen LogP contribution in [0, 0.1) is 0 Å². The minimum Gasteiger partial charge on any atom is -0.489 e. The van der Waals surface area contributed by atoms with Crippen LogP contribution in [0.25, 0.3) is 6.08 Å². The summed E-state index contributed by atoms with van der Waals surface area (Å²) in [4.78, 5) is 16.1. The van der Waals surface area contributed by atoms with Crippen molar-refractivity contribution in [2.24, 2.45) is 4.99 Å². The first-order chi connectivity index (χ1) is 11.2. The number of thioether (sulfide) groups is 2. The Bertz CT molecular complexity index is 752. The highest BCUT2D eigenvalue weighted by Gasteiger charge is 2.21. The number of carbonyl (C=O) groups excluding carboxylic acids is 1. The molecule has 5 heteroatoms. The summed E-state index contributed by atoms with van der Waals surface area (Å²) < 4.78 is 6.55. The molecule has 0 aliphatic carbocycles. The highest BCUT2D eigenvalue weighted by Crippen LogP contribution is 2.30. The number of benzene rings is 2. The van der Waals surface area contributed by atoms with E-state index in [9.17, 15) is 4.79 Å². The summed E-state index contributed by atoms with van der Waals surface area (Å²) in [6.45, 7) is 0.539. The first-order valence-electron chi connectivity index (χ1n) is 7.08.